The lowest BCUT2D eigenvalue weighted by Crippen LogP contribution is -2.11. The van der Waals surface area contributed by atoms with Crippen LogP contribution >= 0.6 is 0 Å². The SMILES string of the molecule is CCCNc1ncnc(OCC(C)CCC)c1OC. The molecule has 0 spiro atoms. The topological polar surface area (TPSA) is 56.3 Å². The van der Waals surface area contributed by atoms with Crippen LogP contribution in [0.1, 0.15) is 40.0 Å². The van der Waals surface area contributed by atoms with Gasteiger partial charge in [0.2, 0.25) is 5.75 Å². The summed E-state index contributed by atoms with van der Waals surface area (Å²) >= 11 is 0. The van der Waals surface area contributed by atoms with Crippen molar-refractivity contribution in [2.75, 3.05) is 25.6 Å². The molecule has 19 heavy (non-hydrogen) atoms. The fourth-order valence-corrected chi connectivity index (χ4v) is 1.81. The van der Waals surface area contributed by atoms with E-state index in [1.165, 1.54) is 6.33 Å². The van der Waals surface area contributed by atoms with Gasteiger partial charge in [-0.15, -0.1) is 0 Å². The van der Waals surface area contributed by atoms with Gasteiger partial charge in [0.15, 0.2) is 5.82 Å². The van der Waals surface area contributed by atoms with Gasteiger partial charge in [-0.1, -0.05) is 27.2 Å². The molecule has 0 aliphatic rings. The molecule has 0 bridgehead atoms. The monoisotopic (exact) mass is 267 g/mol. The zero-order valence-corrected chi connectivity index (χ0v) is 12.4. The summed E-state index contributed by atoms with van der Waals surface area (Å²) in [6.45, 7) is 7.94. The maximum Gasteiger partial charge on any atom is 0.262 e. The summed E-state index contributed by atoms with van der Waals surface area (Å²) in [7, 11) is 1.61. The third-order valence-corrected chi connectivity index (χ3v) is 2.80. The van der Waals surface area contributed by atoms with E-state index >= 15 is 0 Å². The van der Waals surface area contributed by atoms with Crippen molar-refractivity contribution < 1.29 is 9.47 Å². The molecule has 1 unspecified atom stereocenters. The Balaban J connectivity index is 2.71. The van der Waals surface area contributed by atoms with Gasteiger partial charge in [-0.3, -0.25) is 0 Å². The second-order valence-corrected chi connectivity index (χ2v) is 4.69. The van der Waals surface area contributed by atoms with Gasteiger partial charge in [0.25, 0.3) is 5.88 Å². The number of nitrogens with zero attached hydrogens (tertiary/aromatic N) is 2. The Morgan fingerprint density at radius 1 is 1.26 bits per heavy atom. The van der Waals surface area contributed by atoms with Crippen molar-refractivity contribution >= 4 is 5.82 Å². The summed E-state index contributed by atoms with van der Waals surface area (Å²) < 4.78 is 11.1. The number of methoxy groups -OCH3 is 1. The number of nitrogens with one attached hydrogen (secondary N) is 1. The summed E-state index contributed by atoms with van der Waals surface area (Å²) in [5.74, 6) is 2.30. The molecule has 0 aliphatic carbocycles. The lowest BCUT2D eigenvalue weighted by atomic mass is 10.1. The minimum atomic E-state index is 0.511. The fraction of sp³-hybridized carbons (Fsp3) is 0.714. The molecule has 0 aliphatic heterocycles. The summed E-state index contributed by atoms with van der Waals surface area (Å²) in [6.07, 6.45) is 4.83. The molecule has 1 aromatic rings. The van der Waals surface area contributed by atoms with Crippen LogP contribution in [0.2, 0.25) is 0 Å². The van der Waals surface area contributed by atoms with E-state index in [-0.39, 0.29) is 0 Å². The van der Waals surface area contributed by atoms with Gasteiger partial charge in [-0.05, 0) is 18.8 Å². The molecule has 0 radical (unpaired) electrons. The Morgan fingerprint density at radius 2 is 2.05 bits per heavy atom. The summed E-state index contributed by atoms with van der Waals surface area (Å²) in [5.41, 5.74) is 0. The molecule has 1 aromatic heterocycles. The molecule has 1 atom stereocenters. The first-order valence-electron chi connectivity index (χ1n) is 6.98. The first kappa shape index (κ1) is 15.5. The molecule has 1 heterocycles. The van der Waals surface area contributed by atoms with E-state index in [0.717, 1.165) is 25.8 Å². The first-order valence-corrected chi connectivity index (χ1v) is 6.98. The molecule has 0 amide bonds. The molecule has 5 nitrogen and oxygen atoms in total. The van der Waals surface area contributed by atoms with Crippen molar-refractivity contribution in [2.24, 2.45) is 5.92 Å². The zero-order valence-electron chi connectivity index (χ0n) is 12.4. The average molecular weight is 267 g/mol. The largest absolute Gasteiger partial charge is 0.489 e. The van der Waals surface area contributed by atoms with Crippen molar-refractivity contribution in [1.29, 1.82) is 0 Å². The van der Waals surface area contributed by atoms with Crippen molar-refractivity contribution in [3.63, 3.8) is 0 Å². The Kier molecular flexibility index (Phi) is 7.00. The molecule has 0 saturated carbocycles. The summed E-state index contributed by atoms with van der Waals surface area (Å²) in [6, 6.07) is 0. The van der Waals surface area contributed by atoms with Crippen LogP contribution in [-0.2, 0) is 0 Å². The van der Waals surface area contributed by atoms with Crippen LogP contribution in [0.3, 0.4) is 0 Å². The third-order valence-electron chi connectivity index (χ3n) is 2.80. The highest BCUT2D eigenvalue weighted by atomic mass is 16.5. The predicted molar refractivity (Wildman–Crippen MR) is 76.9 cm³/mol. The second kappa shape index (κ2) is 8.56. The Bertz CT molecular complexity index is 372. The van der Waals surface area contributed by atoms with E-state index in [1.807, 2.05) is 0 Å². The van der Waals surface area contributed by atoms with Gasteiger partial charge < -0.3 is 14.8 Å². The van der Waals surface area contributed by atoms with E-state index < -0.39 is 0 Å². The normalized spacial score (nSPS) is 12.0. The van der Waals surface area contributed by atoms with E-state index in [2.05, 4.69) is 36.1 Å². The molecule has 0 aromatic carbocycles. The quantitative estimate of drug-likeness (QED) is 0.745. The zero-order chi connectivity index (χ0) is 14.1. The molecule has 0 fully saturated rings. The predicted octanol–water partition coefficient (Wildman–Crippen LogP) is 3.12. The van der Waals surface area contributed by atoms with Gasteiger partial charge in [0.05, 0.1) is 13.7 Å². The summed E-state index contributed by atoms with van der Waals surface area (Å²) in [5, 5.41) is 3.21. The average Bonchev–Trinajstić information content (AvgIpc) is 2.43. The van der Waals surface area contributed by atoms with E-state index in [9.17, 15) is 0 Å². The minimum Gasteiger partial charge on any atom is -0.489 e. The highest BCUT2D eigenvalue weighted by Gasteiger charge is 2.14. The maximum absolute atomic E-state index is 5.75. The van der Waals surface area contributed by atoms with E-state index in [1.54, 1.807) is 7.11 Å². The van der Waals surface area contributed by atoms with Crippen molar-refractivity contribution in [1.82, 2.24) is 9.97 Å². The standard InChI is InChI=1S/C14H25N3O2/c1-5-7-11(3)9-19-14-12(18-4)13(15-8-6-2)16-10-17-14/h10-11H,5-9H2,1-4H3,(H,15,16,17). The van der Waals surface area contributed by atoms with E-state index in [4.69, 9.17) is 9.47 Å². The first-order chi connectivity index (χ1) is 9.22. The van der Waals surface area contributed by atoms with Crippen LogP contribution in [0.25, 0.3) is 0 Å². The van der Waals surface area contributed by atoms with Crippen LogP contribution in [0.4, 0.5) is 5.82 Å². The minimum absolute atomic E-state index is 0.511. The Labute approximate surface area is 115 Å². The van der Waals surface area contributed by atoms with Crippen molar-refractivity contribution in [3.8, 4) is 11.6 Å². The Hall–Kier alpha value is -1.52. The lowest BCUT2D eigenvalue weighted by molar-refractivity contribution is 0.231. The molecule has 0 saturated heterocycles. The highest BCUT2D eigenvalue weighted by molar-refractivity contribution is 5.54. The van der Waals surface area contributed by atoms with Crippen LogP contribution < -0.4 is 14.8 Å². The van der Waals surface area contributed by atoms with Crippen molar-refractivity contribution in [2.45, 2.75) is 40.0 Å². The molecule has 1 N–H and O–H groups in total. The number of hydrogen-bond donors (Lipinski definition) is 1. The number of anilines is 1. The lowest BCUT2D eigenvalue weighted by Gasteiger charge is -2.15. The fourth-order valence-electron chi connectivity index (χ4n) is 1.81. The Morgan fingerprint density at radius 3 is 2.68 bits per heavy atom. The number of ether oxygens (including phenoxy) is 2. The number of hydrogen-bond acceptors (Lipinski definition) is 5. The van der Waals surface area contributed by atoms with E-state index in [0.29, 0.717) is 30.0 Å². The van der Waals surface area contributed by atoms with Crippen LogP contribution in [0.15, 0.2) is 6.33 Å². The summed E-state index contributed by atoms with van der Waals surface area (Å²) in [4.78, 5) is 8.34. The third kappa shape index (κ3) is 4.93. The van der Waals surface area contributed by atoms with Gasteiger partial charge in [-0.25, -0.2) is 4.98 Å². The van der Waals surface area contributed by atoms with Crippen LogP contribution in [0, 0.1) is 5.92 Å². The molecule has 5 heteroatoms. The molecule has 1 rings (SSSR count). The smallest absolute Gasteiger partial charge is 0.262 e. The van der Waals surface area contributed by atoms with Crippen LogP contribution in [0.5, 0.6) is 11.6 Å². The van der Waals surface area contributed by atoms with Gasteiger partial charge in [0.1, 0.15) is 6.33 Å². The highest BCUT2D eigenvalue weighted by Crippen LogP contribution is 2.31. The number of rotatable bonds is 9. The molecular weight excluding hydrogens is 242 g/mol. The maximum atomic E-state index is 5.75. The molecule has 108 valence electrons. The molecular formula is C14H25N3O2. The van der Waals surface area contributed by atoms with Gasteiger partial charge in [-0.2, -0.15) is 4.98 Å². The van der Waals surface area contributed by atoms with Gasteiger partial charge in [0, 0.05) is 6.54 Å². The van der Waals surface area contributed by atoms with Crippen molar-refractivity contribution in [3.05, 3.63) is 6.33 Å². The second-order valence-electron chi connectivity index (χ2n) is 4.69. The van der Waals surface area contributed by atoms with Gasteiger partial charge >= 0.3 is 0 Å². The number of aromatic nitrogens is 2. The van der Waals surface area contributed by atoms with Crippen LogP contribution in [-0.4, -0.2) is 30.2 Å².